The first-order chi connectivity index (χ1) is 9.93. The summed E-state index contributed by atoms with van der Waals surface area (Å²) < 4.78 is 0. The fraction of sp³-hybridized carbons (Fsp3) is 1.00. The fourth-order valence-corrected chi connectivity index (χ4v) is 4.65. The van der Waals surface area contributed by atoms with Crippen molar-refractivity contribution in [3.05, 3.63) is 0 Å². The Morgan fingerprint density at radius 1 is 1.24 bits per heavy atom. The van der Waals surface area contributed by atoms with Gasteiger partial charge >= 0.3 is 0 Å². The van der Waals surface area contributed by atoms with Crippen LogP contribution >= 0.6 is 0 Å². The topological polar surface area (TPSA) is 35.5 Å². The standard InChI is InChI=1S/C18H36N2O/c1-14(2)15-7-8-17(19-3)16(11-15)12-20(4)13-18(21)9-5-6-10-18/h14-17,19,21H,5-13H2,1-4H3. The highest BCUT2D eigenvalue weighted by atomic mass is 16.3. The Labute approximate surface area is 131 Å². The summed E-state index contributed by atoms with van der Waals surface area (Å²) in [4.78, 5) is 2.39. The number of nitrogens with one attached hydrogen (secondary N) is 1. The lowest BCUT2D eigenvalue weighted by Crippen LogP contribution is -2.47. The summed E-state index contributed by atoms with van der Waals surface area (Å²) in [5.74, 6) is 2.41. The second-order valence-electron chi connectivity index (χ2n) is 8.10. The van der Waals surface area contributed by atoms with Crippen molar-refractivity contribution in [2.75, 3.05) is 27.2 Å². The third kappa shape index (κ3) is 4.67. The van der Waals surface area contributed by atoms with E-state index in [9.17, 15) is 5.11 Å². The minimum atomic E-state index is -0.407. The Morgan fingerprint density at radius 2 is 1.90 bits per heavy atom. The van der Waals surface area contributed by atoms with Gasteiger partial charge in [0.1, 0.15) is 0 Å². The number of likely N-dealkylation sites (N-methyl/N-ethyl adjacent to an activating group) is 1. The average Bonchev–Trinajstić information content (AvgIpc) is 2.84. The van der Waals surface area contributed by atoms with Gasteiger partial charge in [-0.05, 0) is 64.0 Å². The molecular formula is C18H36N2O. The molecule has 2 saturated carbocycles. The quantitative estimate of drug-likeness (QED) is 0.791. The van der Waals surface area contributed by atoms with E-state index in [0.717, 1.165) is 43.7 Å². The molecule has 3 nitrogen and oxygen atoms in total. The van der Waals surface area contributed by atoms with Crippen molar-refractivity contribution in [2.24, 2.45) is 17.8 Å². The minimum Gasteiger partial charge on any atom is -0.389 e. The van der Waals surface area contributed by atoms with E-state index in [4.69, 9.17) is 0 Å². The highest BCUT2D eigenvalue weighted by Gasteiger charge is 2.35. The Hall–Kier alpha value is -0.120. The number of hydrogen-bond acceptors (Lipinski definition) is 3. The van der Waals surface area contributed by atoms with Gasteiger partial charge in [-0.2, -0.15) is 0 Å². The van der Waals surface area contributed by atoms with E-state index >= 15 is 0 Å². The molecule has 0 aromatic rings. The van der Waals surface area contributed by atoms with Gasteiger partial charge in [0.05, 0.1) is 5.60 Å². The minimum absolute atomic E-state index is 0.407. The van der Waals surface area contributed by atoms with E-state index in [1.807, 2.05) is 0 Å². The van der Waals surface area contributed by atoms with Gasteiger partial charge in [0.15, 0.2) is 0 Å². The lowest BCUT2D eigenvalue weighted by Gasteiger charge is -2.40. The molecule has 3 unspecified atom stereocenters. The molecule has 2 fully saturated rings. The van der Waals surface area contributed by atoms with Crippen molar-refractivity contribution in [1.29, 1.82) is 0 Å². The van der Waals surface area contributed by atoms with Crippen molar-refractivity contribution in [2.45, 2.75) is 70.4 Å². The Balaban J connectivity index is 1.88. The largest absolute Gasteiger partial charge is 0.389 e. The fourth-order valence-electron chi connectivity index (χ4n) is 4.65. The summed E-state index contributed by atoms with van der Waals surface area (Å²) in [6.45, 7) is 6.71. The van der Waals surface area contributed by atoms with Gasteiger partial charge in [0, 0.05) is 19.1 Å². The predicted octanol–water partition coefficient (Wildman–Crippen LogP) is 2.88. The van der Waals surface area contributed by atoms with Crippen LogP contribution in [0.5, 0.6) is 0 Å². The number of aliphatic hydroxyl groups is 1. The van der Waals surface area contributed by atoms with Crippen LogP contribution in [-0.4, -0.2) is 48.8 Å². The molecule has 3 heteroatoms. The maximum atomic E-state index is 10.6. The van der Waals surface area contributed by atoms with E-state index in [-0.39, 0.29) is 0 Å². The highest BCUT2D eigenvalue weighted by Crippen LogP contribution is 2.35. The van der Waals surface area contributed by atoms with Crippen LogP contribution in [0, 0.1) is 17.8 Å². The second-order valence-corrected chi connectivity index (χ2v) is 8.10. The van der Waals surface area contributed by atoms with Crippen LogP contribution in [0.15, 0.2) is 0 Å². The van der Waals surface area contributed by atoms with Gasteiger partial charge in [0.2, 0.25) is 0 Å². The molecule has 0 aliphatic heterocycles. The molecule has 21 heavy (non-hydrogen) atoms. The molecule has 0 bridgehead atoms. The summed E-state index contributed by atoms with van der Waals surface area (Å²) >= 11 is 0. The third-order valence-corrected chi connectivity index (χ3v) is 5.98. The molecule has 0 radical (unpaired) electrons. The Bertz CT molecular complexity index is 312. The van der Waals surface area contributed by atoms with Crippen LogP contribution in [0.4, 0.5) is 0 Å². The highest BCUT2D eigenvalue weighted by molar-refractivity contribution is 4.90. The molecule has 0 saturated heterocycles. The van der Waals surface area contributed by atoms with Crippen LogP contribution in [0.2, 0.25) is 0 Å². The Kier molecular flexibility index (Phi) is 6.10. The van der Waals surface area contributed by atoms with Crippen molar-refractivity contribution in [3.63, 3.8) is 0 Å². The monoisotopic (exact) mass is 296 g/mol. The summed E-state index contributed by atoms with van der Waals surface area (Å²) in [6.07, 6.45) is 8.39. The van der Waals surface area contributed by atoms with E-state index in [0.29, 0.717) is 6.04 Å². The molecule has 0 spiro atoms. The first kappa shape index (κ1) is 17.2. The maximum absolute atomic E-state index is 10.6. The molecular weight excluding hydrogens is 260 g/mol. The zero-order chi connectivity index (χ0) is 15.5. The van der Waals surface area contributed by atoms with Crippen molar-refractivity contribution in [3.8, 4) is 0 Å². The van der Waals surface area contributed by atoms with Gasteiger partial charge in [-0.3, -0.25) is 0 Å². The van der Waals surface area contributed by atoms with Crippen molar-refractivity contribution >= 4 is 0 Å². The molecule has 124 valence electrons. The van der Waals surface area contributed by atoms with Crippen LogP contribution < -0.4 is 5.32 Å². The molecule has 2 aliphatic carbocycles. The first-order valence-electron chi connectivity index (χ1n) is 9.02. The number of hydrogen-bond donors (Lipinski definition) is 2. The van der Waals surface area contributed by atoms with Gasteiger partial charge in [0.25, 0.3) is 0 Å². The van der Waals surface area contributed by atoms with Gasteiger partial charge in [-0.15, -0.1) is 0 Å². The number of nitrogens with zero attached hydrogens (tertiary/aromatic N) is 1. The summed E-state index contributed by atoms with van der Waals surface area (Å²) in [5, 5.41) is 14.1. The van der Waals surface area contributed by atoms with Crippen LogP contribution in [0.1, 0.15) is 58.8 Å². The second kappa shape index (κ2) is 7.43. The smallest absolute Gasteiger partial charge is 0.0774 e. The molecule has 2 N–H and O–H groups in total. The third-order valence-electron chi connectivity index (χ3n) is 5.98. The Morgan fingerprint density at radius 3 is 2.48 bits per heavy atom. The van der Waals surface area contributed by atoms with E-state index in [1.165, 1.54) is 32.1 Å². The van der Waals surface area contributed by atoms with Gasteiger partial charge < -0.3 is 15.3 Å². The molecule has 3 atom stereocenters. The zero-order valence-electron chi connectivity index (χ0n) is 14.6. The summed E-state index contributed by atoms with van der Waals surface area (Å²) in [6, 6.07) is 0.653. The predicted molar refractivity (Wildman–Crippen MR) is 89.4 cm³/mol. The molecule has 2 aliphatic rings. The average molecular weight is 296 g/mol. The SMILES string of the molecule is CNC1CCC(C(C)C)CC1CN(C)CC1(O)CCCC1. The lowest BCUT2D eigenvalue weighted by molar-refractivity contribution is 0.00774. The van der Waals surface area contributed by atoms with Gasteiger partial charge in [-0.25, -0.2) is 0 Å². The van der Waals surface area contributed by atoms with Gasteiger partial charge in [-0.1, -0.05) is 26.7 Å². The normalized spacial score (nSPS) is 33.0. The van der Waals surface area contributed by atoms with Crippen molar-refractivity contribution < 1.29 is 5.11 Å². The summed E-state index contributed by atoms with van der Waals surface area (Å²) in [7, 11) is 4.31. The van der Waals surface area contributed by atoms with Crippen LogP contribution in [0.3, 0.4) is 0 Å². The molecule has 0 aromatic heterocycles. The first-order valence-corrected chi connectivity index (χ1v) is 9.02. The molecule has 0 heterocycles. The van der Waals surface area contributed by atoms with E-state index in [2.05, 4.69) is 38.2 Å². The van der Waals surface area contributed by atoms with Crippen LogP contribution in [0.25, 0.3) is 0 Å². The summed E-state index contributed by atoms with van der Waals surface area (Å²) in [5.41, 5.74) is -0.407. The molecule has 0 aromatic carbocycles. The molecule has 2 rings (SSSR count). The van der Waals surface area contributed by atoms with E-state index in [1.54, 1.807) is 0 Å². The maximum Gasteiger partial charge on any atom is 0.0774 e. The van der Waals surface area contributed by atoms with E-state index < -0.39 is 5.60 Å². The lowest BCUT2D eigenvalue weighted by atomic mass is 9.73. The van der Waals surface area contributed by atoms with Crippen LogP contribution in [-0.2, 0) is 0 Å². The number of rotatable bonds is 6. The molecule has 0 amide bonds. The zero-order valence-corrected chi connectivity index (χ0v) is 14.6. The van der Waals surface area contributed by atoms with Crippen molar-refractivity contribution in [1.82, 2.24) is 10.2 Å².